The van der Waals surface area contributed by atoms with Crippen molar-refractivity contribution in [1.82, 2.24) is 15.0 Å². The van der Waals surface area contributed by atoms with E-state index in [1.807, 2.05) is 6.07 Å². The molecule has 1 unspecified atom stereocenters. The molecule has 30 heavy (non-hydrogen) atoms. The predicted octanol–water partition coefficient (Wildman–Crippen LogP) is 2.44. The Bertz CT molecular complexity index is 1060. The molecule has 0 aliphatic carbocycles. The first-order valence-electron chi connectivity index (χ1n) is 9.65. The van der Waals surface area contributed by atoms with Crippen LogP contribution in [0.25, 0.3) is 11.3 Å². The van der Waals surface area contributed by atoms with Crippen molar-refractivity contribution < 1.29 is 9.18 Å². The third-order valence-corrected chi connectivity index (χ3v) is 5.02. The molecule has 1 atom stereocenters. The van der Waals surface area contributed by atoms with Gasteiger partial charge in [0.25, 0.3) is 5.91 Å². The Morgan fingerprint density at radius 1 is 1.20 bits per heavy atom. The van der Waals surface area contributed by atoms with Gasteiger partial charge in [-0.25, -0.2) is 9.37 Å². The number of aromatic nitrogens is 3. The first-order valence-corrected chi connectivity index (χ1v) is 9.65. The number of halogens is 1. The Balaban J connectivity index is 1.64. The van der Waals surface area contributed by atoms with Crippen LogP contribution in [0, 0.1) is 5.82 Å². The second-order valence-electron chi connectivity index (χ2n) is 7.19. The first-order chi connectivity index (χ1) is 14.5. The highest BCUT2D eigenvalue weighted by Crippen LogP contribution is 2.29. The molecule has 3 aromatic heterocycles. The zero-order chi connectivity index (χ0) is 21.1. The van der Waals surface area contributed by atoms with Gasteiger partial charge in [0.15, 0.2) is 11.5 Å². The minimum atomic E-state index is -0.611. The summed E-state index contributed by atoms with van der Waals surface area (Å²) in [5.41, 5.74) is 13.8. The SMILES string of the molecule is Nc1cc(F)c(-c2ccncc2)nc1C(=O)Nc1cnccc1N1CCCC(N)C1. The minimum Gasteiger partial charge on any atom is -0.397 e. The highest BCUT2D eigenvalue weighted by Gasteiger charge is 2.22. The number of carbonyl (C=O) groups is 1. The molecule has 0 bridgehead atoms. The maximum absolute atomic E-state index is 14.4. The molecule has 3 aromatic rings. The fraction of sp³-hybridized carbons (Fsp3) is 0.238. The second-order valence-corrected chi connectivity index (χ2v) is 7.19. The summed E-state index contributed by atoms with van der Waals surface area (Å²) in [6.45, 7) is 1.53. The smallest absolute Gasteiger partial charge is 0.276 e. The highest BCUT2D eigenvalue weighted by molar-refractivity contribution is 6.08. The largest absolute Gasteiger partial charge is 0.397 e. The average Bonchev–Trinajstić information content (AvgIpc) is 2.75. The summed E-state index contributed by atoms with van der Waals surface area (Å²) in [5.74, 6) is -1.15. The number of nitrogens with zero attached hydrogens (tertiary/aromatic N) is 4. The van der Waals surface area contributed by atoms with E-state index < -0.39 is 11.7 Å². The van der Waals surface area contributed by atoms with E-state index in [0.29, 0.717) is 17.8 Å². The highest BCUT2D eigenvalue weighted by atomic mass is 19.1. The molecule has 0 radical (unpaired) electrons. The third-order valence-electron chi connectivity index (χ3n) is 5.02. The lowest BCUT2D eigenvalue weighted by atomic mass is 10.1. The molecule has 1 saturated heterocycles. The summed E-state index contributed by atoms with van der Waals surface area (Å²) in [6.07, 6.45) is 8.22. The van der Waals surface area contributed by atoms with E-state index in [2.05, 4.69) is 25.2 Å². The summed E-state index contributed by atoms with van der Waals surface area (Å²) < 4.78 is 14.4. The number of rotatable bonds is 4. The number of piperidine rings is 1. The number of hydrogen-bond acceptors (Lipinski definition) is 7. The van der Waals surface area contributed by atoms with Crippen LogP contribution in [0.5, 0.6) is 0 Å². The number of carbonyl (C=O) groups excluding carboxylic acids is 1. The maximum Gasteiger partial charge on any atom is 0.276 e. The van der Waals surface area contributed by atoms with Crippen molar-refractivity contribution in [2.45, 2.75) is 18.9 Å². The van der Waals surface area contributed by atoms with Crippen LogP contribution >= 0.6 is 0 Å². The van der Waals surface area contributed by atoms with Gasteiger partial charge in [0.2, 0.25) is 0 Å². The minimum absolute atomic E-state index is 0.0326. The fourth-order valence-electron chi connectivity index (χ4n) is 3.57. The number of amides is 1. The van der Waals surface area contributed by atoms with Crippen molar-refractivity contribution >= 4 is 23.0 Å². The standard InChI is InChI=1S/C21H22FN7O/c22-15-10-16(24)20(28-19(15)13-3-6-25-7-4-13)21(30)27-17-11-26-8-5-18(17)29-9-1-2-14(23)12-29/h3-8,10-11,14H,1-2,9,12,23-24H2,(H,27,30). The number of nitrogen functional groups attached to an aromatic ring is 1. The van der Waals surface area contributed by atoms with Crippen LogP contribution < -0.4 is 21.7 Å². The summed E-state index contributed by atoms with van der Waals surface area (Å²) >= 11 is 0. The Labute approximate surface area is 173 Å². The van der Waals surface area contributed by atoms with E-state index in [-0.39, 0.29) is 23.1 Å². The summed E-state index contributed by atoms with van der Waals surface area (Å²) in [7, 11) is 0. The van der Waals surface area contributed by atoms with E-state index in [1.54, 1.807) is 24.5 Å². The van der Waals surface area contributed by atoms with Gasteiger partial charge in [-0.05, 0) is 31.0 Å². The Kier molecular flexibility index (Phi) is 5.53. The van der Waals surface area contributed by atoms with Gasteiger partial charge in [-0.15, -0.1) is 0 Å². The molecule has 9 heteroatoms. The maximum atomic E-state index is 14.4. The quantitative estimate of drug-likeness (QED) is 0.607. The Hall–Kier alpha value is -3.59. The fourth-order valence-corrected chi connectivity index (χ4v) is 3.57. The molecule has 1 aliphatic heterocycles. The number of nitrogens with two attached hydrogens (primary N) is 2. The normalized spacial score (nSPS) is 16.3. The van der Waals surface area contributed by atoms with Crippen molar-refractivity contribution in [3.8, 4) is 11.3 Å². The van der Waals surface area contributed by atoms with Crippen molar-refractivity contribution in [3.05, 3.63) is 60.6 Å². The monoisotopic (exact) mass is 407 g/mol. The number of hydrogen-bond donors (Lipinski definition) is 3. The van der Waals surface area contributed by atoms with Gasteiger partial charge < -0.3 is 21.7 Å². The summed E-state index contributed by atoms with van der Waals surface area (Å²) in [4.78, 5) is 27.3. The van der Waals surface area contributed by atoms with Gasteiger partial charge >= 0.3 is 0 Å². The lowest BCUT2D eigenvalue weighted by molar-refractivity contribution is 0.102. The van der Waals surface area contributed by atoms with E-state index in [1.165, 1.54) is 12.4 Å². The van der Waals surface area contributed by atoms with Gasteiger partial charge in [-0.3, -0.25) is 14.8 Å². The van der Waals surface area contributed by atoms with Crippen molar-refractivity contribution in [1.29, 1.82) is 0 Å². The van der Waals surface area contributed by atoms with E-state index in [9.17, 15) is 9.18 Å². The molecule has 154 valence electrons. The molecule has 0 saturated carbocycles. The zero-order valence-electron chi connectivity index (χ0n) is 16.3. The van der Waals surface area contributed by atoms with Gasteiger partial charge in [0.1, 0.15) is 5.69 Å². The molecular weight excluding hydrogens is 385 g/mol. The zero-order valence-corrected chi connectivity index (χ0v) is 16.3. The molecule has 1 fully saturated rings. The van der Waals surface area contributed by atoms with Crippen molar-refractivity contribution in [2.24, 2.45) is 5.73 Å². The predicted molar refractivity (Wildman–Crippen MR) is 113 cm³/mol. The number of anilines is 3. The Morgan fingerprint density at radius 3 is 2.73 bits per heavy atom. The van der Waals surface area contributed by atoms with Crippen LogP contribution in [-0.2, 0) is 0 Å². The molecular formula is C21H22FN7O. The van der Waals surface area contributed by atoms with Crippen LogP contribution in [0.4, 0.5) is 21.5 Å². The Morgan fingerprint density at radius 2 is 1.97 bits per heavy atom. The van der Waals surface area contributed by atoms with Crippen molar-refractivity contribution in [3.63, 3.8) is 0 Å². The van der Waals surface area contributed by atoms with Crippen molar-refractivity contribution in [2.75, 3.05) is 29.0 Å². The molecule has 4 heterocycles. The van der Waals surface area contributed by atoms with Crippen LogP contribution in [0.15, 0.2) is 49.1 Å². The van der Waals surface area contributed by atoms with Crippen LogP contribution in [0.2, 0.25) is 0 Å². The second kappa shape index (κ2) is 8.42. The average molecular weight is 407 g/mol. The number of pyridine rings is 3. The third kappa shape index (κ3) is 4.06. The lowest BCUT2D eigenvalue weighted by Gasteiger charge is -2.33. The molecule has 0 spiro atoms. The molecule has 8 nitrogen and oxygen atoms in total. The topological polar surface area (TPSA) is 123 Å². The van der Waals surface area contributed by atoms with E-state index in [0.717, 1.165) is 31.1 Å². The van der Waals surface area contributed by atoms with Crippen LogP contribution in [0.1, 0.15) is 23.3 Å². The van der Waals surface area contributed by atoms with Gasteiger partial charge in [-0.1, -0.05) is 0 Å². The lowest BCUT2D eigenvalue weighted by Crippen LogP contribution is -2.43. The molecule has 4 rings (SSSR count). The van der Waals surface area contributed by atoms with E-state index >= 15 is 0 Å². The van der Waals surface area contributed by atoms with Gasteiger partial charge in [0, 0.05) is 49.4 Å². The van der Waals surface area contributed by atoms with Gasteiger partial charge in [0.05, 0.1) is 23.3 Å². The molecule has 0 aromatic carbocycles. The van der Waals surface area contributed by atoms with E-state index in [4.69, 9.17) is 11.5 Å². The molecule has 1 amide bonds. The summed E-state index contributed by atoms with van der Waals surface area (Å²) in [5, 5.41) is 2.82. The van der Waals surface area contributed by atoms with Gasteiger partial charge in [-0.2, -0.15) is 0 Å². The molecule has 1 aliphatic rings. The number of nitrogens with one attached hydrogen (secondary N) is 1. The first kappa shape index (κ1) is 19.7. The molecule has 5 N–H and O–H groups in total. The summed E-state index contributed by atoms with van der Waals surface area (Å²) in [6, 6.07) is 6.24. The van der Waals surface area contributed by atoms with Crippen LogP contribution in [0.3, 0.4) is 0 Å². The van der Waals surface area contributed by atoms with Crippen LogP contribution in [-0.4, -0.2) is 40.0 Å².